The number of amides is 1. The molecule has 3 nitrogen and oxygen atoms in total. The number of benzene rings is 1. The standard InChI is InChI=1S/C12H15FN2O/c13-9-1-3-10(4-2-9)15-11(7-8-14)5-6-12(15)16/h1-4,11H,5-8,14H2. The average molecular weight is 222 g/mol. The Labute approximate surface area is 94.0 Å². The van der Waals surface area contributed by atoms with Crippen molar-refractivity contribution in [2.45, 2.75) is 25.3 Å². The summed E-state index contributed by atoms with van der Waals surface area (Å²) in [5.74, 6) is -0.184. The molecular formula is C12H15FN2O. The van der Waals surface area contributed by atoms with Crippen LogP contribution in [0.3, 0.4) is 0 Å². The molecule has 1 aliphatic rings. The lowest BCUT2D eigenvalue weighted by Crippen LogP contribution is -2.34. The molecule has 1 aromatic carbocycles. The average Bonchev–Trinajstić information content (AvgIpc) is 2.62. The number of hydrogen-bond acceptors (Lipinski definition) is 2. The van der Waals surface area contributed by atoms with E-state index in [0.717, 1.165) is 18.5 Å². The topological polar surface area (TPSA) is 46.3 Å². The van der Waals surface area contributed by atoms with Gasteiger partial charge in [-0.1, -0.05) is 0 Å². The lowest BCUT2D eigenvalue weighted by Gasteiger charge is -2.24. The van der Waals surface area contributed by atoms with Crippen LogP contribution in [0.4, 0.5) is 10.1 Å². The number of carbonyl (C=O) groups is 1. The highest BCUT2D eigenvalue weighted by Gasteiger charge is 2.31. The molecule has 16 heavy (non-hydrogen) atoms. The zero-order valence-electron chi connectivity index (χ0n) is 9.03. The molecular weight excluding hydrogens is 207 g/mol. The lowest BCUT2D eigenvalue weighted by atomic mass is 10.1. The molecule has 1 aromatic rings. The maximum absolute atomic E-state index is 12.8. The van der Waals surface area contributed by atoms with Gasteiger partial charge in [0.05, 0.1) is 0 Å². The van der Waals surface area contributed by atoms with Gasteiger partial charge in [0.1, 0.15) is 5.82 Å². The van der Waals surface area contributed by atoms with Crippen molar-refractivity contribution in [2.75, 3.05) is 11.4 Å². The predicted molar refractivity (Wildman–Crippen MR) is 60.6 cm³/mol. The Morgan fingerprint density at radius 3 is 2.69 bits per heavy atom. The van der Waals surface area contributed by atoms with Crippen LogP contribution in [0.2, 0.25) is 0 Å². The monoisotopic (exact) mass is 222 g/mol. The van der Waals surface area contributed by atoms with Crippen LogP contribution in [0.5, 0.6) is 0 Å². The first-order chi connectivity index (χ1) is 7.72. The molecule has 0 saturated carbocycles. The molecule has 1 unspecified atom stereocenters. The van der Waals surface area contributed by atoms with Gasteiger partial charge in [-0.05, 0) is 43.7 Å². The van der Waals surface area contributed by atoms with Crippen LogP contribution in [-0.4, -0.2) is 18.5 Å². The summed E-state index contributed by atoms with van der Waals surface area (Å²) in [5.41, 5.74) is 6.29. The molecule has 0 bridgehead atoms. The van der Waals surface area contributed by atoms with Crippen molar-refractivity contribution < 1.29 is 9.18 Å². The summed E-state index contributed by atoms with van der Waals surface area (Å²) in [4.78, 5) is 13.5. The molecule has 1 amide bonds. The predicted octanol–water partition coefficient (Wildman–Crippen LogP) is 1.67. The SMILES string of the molecule is NCCC1CCC(=O)N1c1ccc(F)cc1. The molecule has 1 fully saturated rings. The molecule has 0 radical (unpaired) electrons. The number of anilines is 1. The minimum atomic E-state index is -0.286. The highest BCUT2D eigenvalue weighted by Crippen LogP contribution is 2.28. The molecule has 4 heteroatoms. The summed E-state index contributed by atoms with van der Waals surface area (Å²) in [6.45, 7) is 0.565. The van der Waals surface area contributed by atoms with Crippen molar-refractivity contribution in [3.05, 3.63) is 30.1 Å². The number of nitrogens with zero attached hydrogens (tertiary/aromatic N) is 1. The van der Waals surface area contributed by atoms with Gasteiger partial charge in [0.2, 0.25) is 5.91 Å². The fourth-order valence-electron chi connectivity index (χ4n) is 2.17. The van der Waals surface area contributed by atoms with Crippen LogP contribution < -0.4 is 10.6 Å². The van der Waals surface area contributed by atoms with Gasteiger partial charge >= 0.3 is 0 Å². The molecule has 1 saturated heterocycles. The smallest absolute Gasteiger partial charge is 0.227 e. The first-order valence-electron chi connectivity index (χ1n) is 5.50. The van der Waals surface area contributed by atoms with E-state index in [-0.39, 0.29) is 17.8 Å². The van der Waals surface area contributed by atoms with Crippen LogP contribution in [-0.2, 0) is 4.79 Å². The van der Waals surface area contributed by atoms with Gasteiger partial charge in [0.15, 0.2) is 0 Å². The Morgan fingerprint density at radius 2 is 2.06 bits per heavy atom. The van der Waals surface area contributed by atoms with E-state index in [0.29, 0.717) is 13.0 Å². The van der Waals surface area contributed by atoms with E-state index in [1.807, 2.05) is 0 Å². The van der Waals surface area contributed by atoms with Crippen LogP contribution in [0, 0.1) is 5.82 Å². The molecule has 2 N–H and O–H groups in total. The molecule has 1 heterocycles. The van der Waals surface area contributed by atoms with Gasteiger partial charge in [-0.2, -0.15) is 0 Å². The zero-order valence-corrected chi connectivity index (χ0v) is 9.03. The van der Waals surface area contributed by atoms with Crippen molar-refractivity contribution in [3.63, 3.8) is 0 Å². The number of carbonyl (C=O) groups excluding carboxylic acids is 1. The maximum Gasteiger partial charge on any atom is 0.227 e. The highest BCUT2D eigenvalue weighted by molar-refractivity contribution is 5.96. The summed E-state index contributed by atoms with van der Waals surface area (Å²) in [5, 5.41) is 0. The lowest BCUT2D eigenvalue weighted by molar-refractivity contribution is -0.117. The van der Waals surface area contributed by atoms with E-state index < -0.39 is 0 Å². The number of rotatable bonds is 3. The summed E-state index contributed by atoms with van der Waals surface area (Å²) in [6.07, 6.45) is 2.19. The molecule has 2 rings (SSSR count). The Hall–Kier alpha value is -1.42. The van der Waals surface area contributed by atoms with Crippen molar-refractivity contribution in [3.8, 4) is 0 Å². The Balaban J connectivity index is 2.22. The number of hydrogen-bond donors (Lipinski definition) is 1. The summed E-state index contributed by atoms with van der Waals surface area (Å²) in [6, 6.07) is 6.20. The largest absolute Gasteiger partial charge is 0.330 e. The van der Waals surface area contributed by atoms with Crippen LogP contribution in [0.25, 0.3) is 0 Å². The first-order valence-corrected chi connectivity index (χ1v) is 5.50. The second kappa shape index (κ2) is 4.61. The summed E-state index contributed by atoms with van der Waals surface area (Å²) < 4.78 is 12.8. The van der Waals surface area contributed by atoms with E-state index in [1.165, 1.54) is 12.1 Å². The van der Waals surface area contributed by atoms with Gasteiger partial charge in [-0.3, -0.25) is 4.79 Å². The second-order valence-corrected chi connectivity index (χ2v) is 4.01. The van der Waals surface area contributed by atoms with E-state index in [1.54, 1.807) is 17.0 Å². The minimum Gasteiger partial charge on any atom is -0.330 e. The molecule has 0 spiro atoms. The Morgan fingerprint density at radius 1 is 1.38 bits per heavy atom. The zero-order chi connectivity index (χ0) is 11.5. The molecule has 1 atom stereocenters. The first kappa shape index (κ1) is 11.1. The third kappa shape index (κ3) is 2.07. The van der Waals surface area contributed by atoms with Gasteiger partial charge in [-0.15, -0.1) is 0 Å². The van der Waals surface area contributed by atoms with E-state index >= 15 is 0 Å². The third-order valence-corrected chi connectivity index (χ3v) is 2.93. The van der Waals surface area contributed by atoms with Gasteiger partial charge in [-0.25, -0.2) is 4.39 Å². The van der Waals surface area contributed by atoms with Gasteiger partial charge in [0, 0.05) is 18.2 Å². The van der Waals surface area contributed by atoms with E-state index in [9.17, 15) is 9.18 Å². The third-order valence-electron chi connectivity index (χ3n) is 2.93. The fraction of sp³-hybridized carbons (Fsp3) is 0.417. The second-order valence-electron chi connectivity index (χ2n) is 4.01. The van der Waals surface area contributed by atoms with Crippen LogP contribution in [0.15, 0.2) is 24.3 Å². The van der Waals surface area contributed by atoms with E-state index in [4.69, 9.17) is 5.73 Å². The summed E-state index contributed by atoms with van der Waals surface area (Å²) >= 11 is 0. The van der Waals surface area contributed by atoms with Gasteiger partial charge < -0.3 is 10.6 Å². The normalized spacial score (nSPS) is 20.5. The Kier molecular flexibility index (Phi) is 3.19. The quantitative estimate of drug-likeness (QED) is 0.845. The maximum atomic E-state index is 12.8. The van der Waals surface area contributed by atoms with Crippen molar-refractivity contribution in [1.29, 1.82) is 0 Å². The molecule has 86 valence electrons. The van der Waals surface area contributed by atoms with Crippen LogP contribution in [0.1, 0.15) is 19.3 Å². The number of nitrogens with two attached hydrogens (primary N) is 1. The van der Waals surface area contributed by atoms with Crippen molar-refractivity contribution in [1.82, 2.24) is 0 Å². The van der Waals surface area contributed by atoms with Crippen LogP contribution >= 0.6 is 0 Å². The van der Waals surface area contributed by atoms with Crippen molar-refractivity contribution in [2.24, 2.45) is 5.73 Å². The minimum absolute atomic E-state index is 0.102. The Bertz CT molecular complexity index is 377. The fourth-order valence-corrected chi connectivity index (χ4v) is 2.17. The van der Waals surface area contributed by atoms with E-state index in [2.05, 4.69) is 0 Å². The van der Waals surface area contributed by atoms with Gasteiger partial charge in [0.25, 0.3) is 0 Å². The molecule has 0 aliphatic carbocycles. The molecule has 0 aromatic heterocycles. The summed E-state index contributed by atoms with van der Waals surface area (Å²) in [7, 11) is 0. The highest BCUT2D eigenvalue weighted by atomic mass is 19.1. The van der Waals surface area contributed by atoms with Crippen molar-refractivity contribution >= 4 is 11.6 Å². The molecule has 1 aliphatic heterocycles. The number of halogens is 1.